The van der Waals surface area contributed by atoms with Crippen LogP contribution < -0.4 is 5.32 Å². The molecule has 29 heavy (non-hydrogen) atoms. The second-order valence-electron chi connectivity index (χ2n) is 6.86. The summed E-state index contributed by atoms with van der Waals surface area (Å²) in [5.74, 6) is -1.79. The van der Waals surface area contributed by atoms with Gasteiger partial charge >= 0.3 is 11.9 Å². The molecule has 1 N–H and O–H groups in total. The van der Waals surface area contributed by atoms with Gasteiger partial charge in [0.2, 0.25) is 0 Å². The lowest BCUT2D eigenvalue weighted by Gasteiger charge is -2.09. The summed E-state index contributed by atoms with van der Waals surface area (Å²) < 4.78 is 10.1. The van der Waals surface area contributed by atoms with Crippen molar-refractivity contribution in [1.82, 2.24) is 4.90 Å². The fourth-order valence-corrected chi connectivity index (χ4v) is 4.14. The van der Waals surface area contributed by atoms with E-state index in [1.165, 1.54) is 4.90 Å². The zero-order chi connectivity index (χ0) is 21.6. The first-order valence-corrected chi connectivity index (χ1v) is 10.2. The Hall–Kier alpha value is -2.68. The van der Waals surface area contributed by atoms with Gasteiger partial charge in [0.25, 0.3) is 11.8 Å². The zero-order valence-electron chi connectivity index (χ0n) is 17.1. The number of ether oxygens (including phenoxy) is 2. The summed E-state index contributed by atoms with van der Waals surface area (Å²) in [6.07, 6.45) is 6.08. The SMILES string of the molecule is CCOC(=O)c1c(NC(=O)COC(=O)C[C@@H]2C=CCC2)sc(C(=O)N(C)C)c1C. The molecule has 0 unspecified atom stereocenters. The third-order valence-corrected chi connectivity index (χ3v) is 5.58. The van der Waals surface area contributed by atoms with E-state index in [1.807, 2.05) is 12.2 Å². The maximum atomic E-state index is 12.4. The molecule has 0 spiro atoms. The van der Waals surface area contributed by atoms with Crippen molar-refractivity contribution >= 4 is 40.1 Å². The van der Waals surface area contributed by atoms with Crippen LogP contribution >= 0.6 is 11.3 Å². The van der Waals surface area contributed by atoms with Crippen LogP contribution in [0.15, 0.2) is 12.2 Å². The van der Waals surface area contributed by atoms with Crippen molar-refractivity contribution < 1.29 is 28.7 Å². The van der Waals surface area contributed by atoms with E-state index in [2.05, 4.69) is 5.32 Å². The van der Waals surface area contributed by atoms with Gasteiger partial charge in [-0.1, -0.05) is 12.2 Å². The second kappa shape index (κ2) is 10.2. The van der Waals surface area contributed by atoms with Crippen molar-refractivity contribution in [3.05, 3.63) is 28.2 Å². The first kappa shape index (κ1) is 22.6. The number of carbonyl (C=O) groups is 4. The number of carbonyl (C=O) groups excluding carboxylic acids is 4. The van der Waals surface area contributed by atoms with Crippen LogP contribution in [-0.2, 0) is 19.1 Å². The van der Waals surface area contributed by atoms with E-state index >= 15 is 0 Å². The van der Waals surface area contributed by atoms with Gasteiger partial charge in [0.1, 0.15) is 5.00 Å². The van der Waals surface area contributed by atoms with Gasteiger partial charge in [0, 0.05) is 14.1 Å². The van der Waals surface area contributed by atoms with Gasteiger partial charge in [-0.2, -0.15) is 0 Å². The molecule has 1 heterocycles. The molecule has 158 valence electrons. The molecule has 1 aliphatic carbocycles. The minimum atomic E-state index is -0.626. The fourth-order valence-electron chi connectivity index (χ4n) is 2.90. The number of hydrogen-bond acceptors (Lipinski definition) is 7. The largest absolute Gasteiger partial charge is 0.462 e. The average molecular weight is 423 g/mol. The average Bonchev–Trinajstić information content (AvgIpc) is 3.27. The van der Waals surface area contributed by atoms with Crippen molar-refractivity contribution in [3.8, 4) is 0 Å². The lowest BCUT2D eigenvalue weighted by Crippen LogP contribution is -2.22. The van der Waals surface area contributed by atoms with Crippen LogP contribution in [0.1, 0.15) is 51.8 Å². The lowest BCUT2D eigenvalue weighted by molar-refractivity contribution is -0.147. The number of anilines is 1. The van der Waals surface area contributed by atoms with Crippen LogP contribution in [0.25, 0.3) is 0 Å². The smallest absolute Gasteiger partial charge is 0.341 e. The molecule has 2 rings (SSSR count). The number of amides is 2. The molecular formula is C20H26N2O6S. The molecule has 1 aromatic heterocycles. The number of esters is 2. The summed E-state index contributed by atoms with van der Waals surface area (Å²) in [6.45, 7) is 2.99. The summed E-state index contributed by atoms with van der Waals surface area (Å²) in [4.78, 5) is 50.6. The maximum Gasteiger partial charge on any atom is 0.341 e. The highest BCUT2D eigenvalue weighted by atomic mass is 32.1. The Labute approximate surface area is 173 Å². The van der Waals surface area contributed by atoms with E-state index in [0.717, 1.165) is 24.2 Å². The highest BCUT2D eigenvalue weighted by molar-refractivity contribution is 7.18. The van der Waals surface area contributed by atoms with E-state index < -0.39 is 24.5 Å². The maximum absolute atomic E-state index is 12.4. The molecule has 1 aliphatic rings. The van der Waals surface area contributed by atoms with Crippen LogP contribution in [0.4, 0.5) is 5.00 Å². The Morgan fingerprint density at radius 1 is 1.24 bits per heavy atom. The Morgan fingerprint density at radius 3 is 2.55 bits per heavy atom. The Morgan fingerprint density at radius 2 is 1.97 bits per heavy atom. The normalized spacial score (nSPS) is 15.1. The Balaban J connectivity index is 2.08. The zero-order valence-corrected chi connectivity index (χ0v) is 17.9. The van der Waals surface area contributed by atoms with Gasteiger partial charge < -0.3 is 19.7 Å². The Bertz CT molecular complexity index is 827. The standard InChI is InChI=1S/C20H26N2O6S/c1-5-27-20(26)16-12(2)17(19(25)22(3)4)29-18(16)21-14(23)11-28-15(24)10-13-8-6-7-9-13/h6,8,13H,5,7,9-11H2,1-4H3,(H,21,23)/t13-/m1/s1. The van der Waals surface area contributed by atoms with E-state index in [9.17, 15) is 19.2 Å². The first-order valence-electron chi connectivity index (χ1n) is 9.38. The first-order chi connectivity index (χ1) is 13.7. The van der Waals surface area contributed by atoms with Crippen LogP contribution in [0.2, 0.25) is 0 Å². The topological polar surface area (TPSA) is 102 Å². The fraction of sp³-hybridized carbons (Fsp3) is 0.500. The van der Waals surface area contributed by atoms with E-state index in [-0.39, 0.29) is 35.4 Å². The number of rotatable bonds is 8. The van der Waals surface area contributed by atoms with Gasteiger partial charge in [-0.3, -0.25) is 14.4 Å². The number of nitrogens with zero attached hydrogens (tertiary/aromatic N) is 1. The van der Waals surface area contributed by atoms with E-state index in [1.54, 1.807) is 27.9 Å². The van der Waals surface area contributed by atoms with Crippen LogP contribution in [0, 0.1) is 12.8 Å². The predicted octanol–water partition coefficient (Wildman–Crippen LogP) is 2.77. The molecule has 1 aromatic rings. The molecule has 9 heteroatoms. The van der Waals surface area contributed by atoms with Crippen molar-refractivity contribution in [2.45, 2.75) is 33.1 Å². The molecule has 0 fully saturated rings. The summed E-state index contributed by atoms with van der Waals surface area (Å²) in [5, 5.41) is 2.77. The molecule has 0 saturated carbocycles. The van der Waals surface area contributed by atoms with Crippen molar-refractivity contribution in [2.24, 2.45) is 5.92 Å². The lowest BCUT2D eigenvalue weighted by atomic mass is 10.1. The second-order valence-corrected chi connectivity index (χ2v) is 7.88. The summed E-state index contributed by atoms with van der Waals surface area (Å²) in [5.41, 5.74) is 0.574. The molecule has 0 bridgehead atoms. The summed E-state index contributed by atoms with van der Waals surface area (Å²) in [7, 11) is 3.20. The molecule has 0 saturated heterocycles. The highest BCUT2D eigenvalue weighted by Crippen LogP contribution is 2.34. The number of thiophene rings is 1. The highest BCUT2D eigenvalue weighted by Gasteiger charge is 2.27. The molecule has 0 aromatic carbocycles. The van der Waals surface area contributed by atoms with Crippen molar-refractivity contribution in [1.29, 1.82) is 0 Å². The quantitative estimate of drug-likeness (QED) is 0.511. The van der Waals surface area contributed by atoms with Gasteiger partial charge in [-0.05, 0) is 38.2 Å². The summed E-state index contributed by atoms with van der Waals surface area (Å²) in [6, 6.07) is 0. The van der Waals surface area contributed by atoms with Gasteiger partial charge in [-0.15, -0.1) is 11.3 Å². The minimum Gasteiger partial charge on any atom is -0.462 e. The van der Waals surface area contributed by atoms with Crippen LogP contribution in [0.5, 0.6) is 0 Å². The molecule has 0 aliphatic heterocycles. The number of hydrogen-bond donors (Lipinski definition) is 1. The van der Waals surface area contributed by atoms with Gasteiger partial charge in [-0.25, -0.2) is 4.79 Å². The molecular weight excluding hydrogens is 396 g/mol. The monoisotopic (exact) mass is 422 g/mol. The van der Waals surface area contributed by atoms with Crippen molar-refractivity contribution in [2.75, 3.05) is 32.6 Å². The van der Waals surface area contributed by atoms with Gasteiger partial charge in [0.15, 0.2) is 6.61 Å². The Kier molecular flexibility index (Phi) is 7.95. The molecule has 8 nitrogen and oxygen atoms in total. The third kappa shape index (κ3) is 5.90. The van der Waals surface area contributed by atoms with Crippen LogP contribution in [0.3, 0.4) is 0 Å². The number of nitrogens with one attached hydrogen (secondary N) is 1. The van der Waals surface area contributed by atoms with E-state index in [0.29, 0.717) is 10.4 Å². The van der Waals surface area contributed by atoms with E-state index in [4.69, 9.17) is 9.47 Å². The third-order valence-electron chi connectivity index (χ3n) is 4.39. The molecule has 1 atom stereocenters. The predicted molar refractivity (Wildman–Crippen MR) is 109 cm³/mol. The summed E-state index contributed by atoms with van der Waals surface area (Å²) >= 11 is 0.992. The van der Waals surface area contributed by atoms with Gasteiger partial charge in [0.05, 0.1) is 23.5 Å². The van der Waals surface area contributed by atoms with Crippen LogP contribution in [-0.4, -0.2) is 56.0 Å². The minimum absolute atomic E-state index is 0.137. The molecule has 0 radical (unpaired) electrons. The molecule has 2 amide bonds. The number of allylic oxidation sites excluding steroid dienone is 2. The van der Waals surface area contributed by atoms with Crippen molar-refractivity contribution in [3.63, 3.8) is 0 Å².